The summed E-state index contributed by atoms with van der Waals surface area (Å²) in [6.07, 6.45) is 6.63. The van der Waals surface area contributed by atoms with Gasteiger partial charge in [-0.3, -0.25) is 4.79 Å². The molecule has 8 heteroatoms. The minimum Gasteiger partial charge on any atom is -0.477 e. The Hall–Kier alpha value is -4.20. The maximum absolute atomic E-state index is 13.0. The molecular weight excluding hydrogens is 456 g/mol. The van der Waals surface area contributed by atoms with Gasteiger partial charge in [0.15, 0.2) is 0 Å². The number of aromatic carboxylic acids is 1. The zero-order chi connectivity index (χ0) is 25.1. The van der Waals surface area contributed by atoms with Crippen molar-refractivity contribution in [2.75, 3.05) is 17.2 Å². The van der Waals surface area contributed by atoms with Crippen LogP contribution in [-0.2, 0) is 4.79 Å². The van der Waals surface area contributed by atoms with Crippen LogP contribution in [0.25, 0.3) is 11.1 Å². The molecule has 1 aromatic heterocycles. The van der Waals surface area contributed by atoms with Gasteiger partial charge in [0.1, 0.15) is 11.7 Å². The van der Waals surface area contributed by atoms with E-state index in [1.807, 2.05) is 24.3 Å². The van der Waals surface area contributed by atoms with Crippen LogP contribution in [0, 0.1) is 0 Å². The van der Waals surface area contributed by atoms with Crippen molar-refractivity contribution in [3.05, 3.63) is 78.1 Å². The van der Waals surface area contributed by atoms with Gasteiger partial charge in [-0.25, -0.2) is 14.6 Å². The third kappa shape index (κ3) is 5.07. The van der Waals surface area contributed by atoms with E-state index in [0.29, 0.717) is 24.6 Å². The molecule has 3 N–H and O–H groups in total. The molecule has 8 nitrogen and oxygen atoms in total. The first kappa shape index (κ1) is 23.5. The minimum absolute atomic E-state index is 0.0153. The van der Waals surface area contributed by atoms with Crippen molar-refractivity contribution in [1.29, 1.82) is 0 Å². The Labute approximate surface area is 209 Å². The zero-order valence-electron chi connectivity index (χ0n) is 19.8. The Bertz CT molecular complexity index is 1250. The molecule has 1 aliphatic heterocycles. The molecule has 0 radical (unpaired) electrons. The van der Waals surface area contributed by atoms with Crippen LogP contribution in [0.2, 0.25) is 0 Å². The summed E-state index contributed by atoms with van der Waals surface area (Å²) in [5.41, 5.74) is 4.28. The molecule has 184 valence electrons. The van der Waals surface area contributed by atoms with Gasteiger partial charge in [0.2, 0.25) is 5.91 Å². The van der Waals surface area contributed by atoms with E-state index in [4.69, 9.17) is 5.11 Å². The monoisotopic (exact) mass is 484 g/mol. The van der Waals surface area contributed by atoms with Crippen LogP contribution in [0.1, 0.15) is 54.1 Å². The molecule has 2 aromatic carbocycles. The Kier molecular flexibility index (Phi) is 6.66. The first-order chi connectivity index (χ1) is 17.5. The summed E-state index contributed by atoms with van der Waals surface area (Å²) in [5.74, 6) is -0.649. The molecule has 1 saturated carbocycles. The molecular formula is C28H28N4O4. The molecule has 1 saturated heterocycles. The molecule has 0 unspecified atom stereocenters. The van der Waals surface area contributed by atoms with E-state index in [1.54, 1.807) is 23.1 Å². The van der Waals surface area contributed by atoms with Gasteiger partial charge < -0.3 is 20.6 Å². The number of nitrogens with one attached hydrogen (secondary N) is 2. The van der Waals surface area contributed by atoms with E-state index in [9.17, 15) is 14.4 Å². The summed E-state index contributed by atoms with van der Waals surface area (Å²) < 4.78 is 0. The molecule has 5 rings (SSSR count). The molecule has 2 fully saturated rings. The first-order valence-corrected chi connectivity index (χ1v) is 12.3. The lowest BCUT2D eigenvalue weighted by Gasteiger charge is -2.26. The smallest absolute Gasteiger partial charge is 0.354 e. The van der Waals surface area contributed by atoms with E-state index in [2.05, 4.69) is 27.8 Å². The van der Waals surface area contributed by atoms with Crippen LogP contribution in [0.15, 0.2) is 66.9 Å². The second-order valence-electron chi connectivity index (χ2n) is 9.34. The Morgan fingerprint density at radius 2 is 1.47 bits per heavy atom. The van der Waals surface area contributed by atoms with Crippen LogP contribution in [0.4, 0.5) is 16.2 Å². The fraction of sp³-hybridized carbons (Fsp3) is 0.286. The summed E-state index contributed by atoms with van der Waals surface area (Å²) in [6.45, 7) is 0.530. The number of carbonyl (C=O) groups is 3. The van der Waals surface area contributed by atoms with Crippen LogP contribution < -0.4 is 10.6 Å². The van der Waals surface area contributed by atoms with Crippen LogP contribution in [-0.4, -0.2) is 45.5 Å². The molecule has 2 aliphatic rings. The number of aromatic nitrogens is 1. The summed E-state index contributed by atoms with van der Waals surface area (Å²) >= 11 is 0. The fourth-order valence-electron chi connectivity index (χ4n) is 4.72. The third-order valence-electron chi connectivity index (χ3n) is 7.02. The Balaban J connectivity index is 1.19. The number of hydrogen-bond acceptors (Lipinski definition) is 4. The van der Waals surface area contributed by atoms with Crippen molar-refractivity contribution in [3.63, 3.8) is 0 Å². The highest BCUT2D eigenvalue weighted by Crippen LogP contribution is 2.36. The molecule has 0 spiro atoms. The van der Waals surface area contributed by atoms with Crippen LogP contribution in [0.3, 0.4) is 0 Å². The van der Waals surface area contributed by atoms with E-state index in [1.165, 1.54) is 37.1 Å². The number of urea groups is 1. The number of likely N-dealkylation sites (tertiary alicyclic amines) is 1. The predicted octanol–water partition coefficient (Wildman–Crippen LogP) is 5.35. The summed E-state index contributed by atoms with van der Waals surface area (Å²) in [6, 6.07) is 17.6. The second kappa shape index (κ2) is 10.2. The number of carbonyl (C=O) groups excluding carboxylic acids is 2. The maximum atomic E-state index is 13.0. The van der Waals surface area contributed by atoms with E-state index < -0.39 is 12.0 Å². The van der Waals surface area contributed by atoms with Crippen LogP contribution >= 0.6 is 0 Å². The standard InChI is InChI=1S/C28H28N4O4/c33-26(30-22-11-8-20(9-12-22)21-10-15-24(27(34)35)29-17-21)25-5-2-16-32(25)28(36)31-23-13-6-19(7-14-23)18-3-1-4-18/h6-15,17-18,25H,1-5,16H2,(H,30,33)(H,31,36)(H,34,35)/t25-/m1/s1. The number of pyridine rings is 1. The quantitative estimate of drug-likeness (QED) is 0.437. The number of amides is 3. The molecule has 2 heterocycles. The number of anilines is 2. The van der Waals surface area contributed by atoms with Crippen molar-refractivity contribution in [3.8, 4) is 11.1 Å². The number of rotatable bonds is 6. The molecule has 0 bridgehead atoms. The van der Waals surface area contributed by atoms with Gasteiger partial charge in [0, 0.05) is 29.7 Å². The van der Waals surface area contributed by atoms with E-state index in [0.717, 1.165) is 23.2 Å². The van der Waals surface area contributed by atoms with Gasteiger partial charge in [-0.1, -0.05) is 36.8 Å². The highest BCUT2D eigenvalue weighted by Gasteiger charge is 2.34. The summed E-state index contributed by atoms with van der Waals surface area (Å²) in [5, 5.41) is 14.8. The topological polar surface area (TPSA) is 112 Å². The van der Waals surface area contributed by atoms with Gasteiger partial charge in [-0.15, -0.1) is 0 Å². The van der Waals surface area contributed by atoms with E-state index in [-0.39, 0.29) is 17.6 Å². The lowest BCUT2D eigenvalue weighted by atomic mass is 9.80. The second-order valence-corrected chi connectivity index (χ2v) is 9.34. The third-order valence-corrected chi connectivity index (χ3v) is 7.02. The average Bonchev–Trinajstić information content (AvgIpc) is 3.35. The largest absolute Gasteiger partial charge is 0.477 e. The van der Waals surface area contributed by atoms with Gasteiger partial charge in [0.25, 0.3) is 0 Å². The van der Waals surface area contributed by atoms with Gasteiger partial charge in [-0.2, -0.15) is 0 Å². The van der Waals surface area contributed by atoms with Gasteiger partial charge in [-0.05, 0) is 73.1 Å². The number of nitrogens with zero attached hydrogens (tertiary/aromatic N) is 2. The summed E-state index contributed by atoms with van der Waals surface area (Å²) in [4.78, 5) is 42.4. The van der Waals surface area contributed by atoms with Crippen molar-refractivity contribution >= 4 is 29.3 Å². The number of hydrogen-bond donors (Lipinski definition) is 3. The fourth-order valence-corrected chi connectivity index (χ4v) is 4.72. The Morgan fingerprint density at radius 3 is 2.08 bits per heavy atom. The normalized spacial score (nSPS) is 17.3. The number of carboxylic acids is 1. The highest BCUT2D eigenvalue weighted by atomic mass is 16.4. The molecule has 36 heavy (non-hydrogen) atoms. The van der Waals surface area contributed by atoms with Gasteiger partial charge >= 0.3 is 12.0 Å². The van der Waals surface area contributed by atoms with Crippen molar-refractivity contribution in [2.45, 2.75) is 44.1 Å². The summed E-state index contributed by atoms with van der Waals surface area (Å²) in [7, 11) is 0. The van der Waals surface area contributed by atoms with Crippen molar-refractivity contribution in [1.82, 2.24) is 9.88 Å². The van der Waals surface area contributed by atoms with Crippen LogP contribution in [0.5, 0.6) is 0 Å². The number of carboxylic acid groups (broad SMARTS) is 1. The van der Waals surface area contributed by atoms with Crippen molar-refractivity contribution < 1.29 is 19.5 Å². The van der Waals surface area contributed by atoms with E-state index >= 15 is 0 Å². The molecule has 3 amide bonds. The molecule has 3 aromatic rings. The SMILES string of the molecule is O=C(O)c1ccc(-c2ccc(NC(=O)[C@H]3CCCN3C(=O)Nc3ccc(C4CCC4)cc3)cc2)cn1. The average molecular weight is 485 g/mol. The maximum Gasteiger partial charge on any atom is 0.354 e. The molecule has 1 aliphatic carbocycles. The zero-order valence-corrected chi connectivity index (χ0v) is 19.8. The number of benzene rings is 2. The first-order valence-electron chi connectivity index (χ1n) is 12.3. The predicted molar refractivity (Wildman–Crippen MR) is 137 cm³/mol. The lowest BCUT2D eigenvalue weighted by molar-refractivity contribution is -0.119. The highest BCUT2D eigenvalue weighted by molar-refractivity contribution is 5.99. The van der Waals surface area contributed by atoms with Crippen molar-refractivity contribution in [2.24, 2.45) is 0 Å². The minimum atomic E-state index is -1.07. The molecule has 1 atom stereocenters. The Morgan fingerprint density at radius 1 is 0.806 bits per heavy atom. The van der Waals surface area contributed by atoms with Gasteiger partial charge in [0.05, 0.1) is 0 Å². The lowest BCUT2D eigenvalue weighted by Crippen LogP contribution is -2.45.